The van der Waals surface area contributed by atoms with Crippen molar-refractivity contribution < 1.29 is 0 Å². The highest BCUT2D eigenvalue weighted by molar-refractivity contribution is 6.13. The molecule has 1 saturated carbocycles. The van der Waals surface area contributed by atoms with Crippen molar-refractivity contribution in [3.8, 4) is 6.07 Å². The van der Waals surface area contributed by atoms with Crippen LogP contribution in [0.3, 0.4) is 0 Å². The Hall–Kier alpha value is -3.54. The van der Waals surface area contributed by atoms with Crippen LogP contribution in [0.15, 0.2) is 42.4 Å². The maximum absolute atomic E-state index is 9.27. The molecule has 0 radical (unpaired) electrons. The van der Waals surface area contributed by atoms with Crippen LogP contribution >= 0.6 is 0 Å². The van der Waals surface area contributed by atoms with Gasteiger partial charge in [-0.25, -0.2) is 19.6 Å². The first-order chi connectivity index (χ1) is 13.8. The Kier molecular flexibility index (Phi) is 4.85. The van der Waals surface area contributed by atoms with Crippen LogP contribution < -0.4 is 5.73 Å². The summed E-state index contributed by atoms with van der Waals surface area (Å²) in [5, 5.41) is 14.5. The molecule has 0 unspecified atom stereocenters. The van der Waals surface area contributed by atoms with Gasteiger partial charge in [0.1, 0.15) is 24.6 Å². The van der Waals surface area contributed by atoms with E-state index in [-0.39, 0.29) is 11.6 Å². The number of hydrogen-bond acceptors (Lipinski definition) is 7. The number of allylic oxidation sites excluding steroid dienone is 1. The van der Waals surface area contributed by atoms with Crippen LogP contribution in [0.25, 0.3) is 16.6 Å². The summed E-state index contributed by atoms with van der Waals surface area (Å²) in [6.07, 6.45) is 13.7. The van der Waals surface area contributed by atoms with E-state index < -0.39 is 0 Å². The van der Waals surface area contributed by atoms with Gasteiger partial charge in [0.15, 0.2) is 0 Å². The summed E-state index contributed by atoms with van der Waals surface area (Å²) in [6, 6.07) is 4.41. The Morgan fingerprint density at radius 1 is 1.39 bits per heavy atom. The fourth-order valence-electron chi connectivity index (χ4n) is 3.85. The van der Waals surface area contributed by atoms with Crippen LogP contribution in [0.5, 0.6) is 0 Å². The number of H-pyrrole nitrogens is 1. The van der Waals surface area contributed by atoms with E-state index in [0.29, 0.717) is 6.42 Å². The first kappa shape index (κ1) is 17.9. The summed E-state index contributed by atoms with van der Waals surface area (Å²) in [6.45, 7) is 0. The Labute approximate surface area is 162 Å². The van der Waals surface area contributed by atoms with Gasteiger partial charge < -0.3 is 10.7 Å². The molecule has 142 valence electrons. The third kappa shape index (κ3) is 3.24. The third-order valence-corrected chi connectivity index (χ3v) is 5.43. The van der Waals surface area contributed by atoms with Gasteiger partial charge in [0.25, 0.3) is 0 Å². The topological polar surface area (TPSA) is 134 Å². The fraction of sp³-hybridized carbons (Fsp3) is 0.368. The van der Waals surface area contributed by atoms with Gasteiger partial charge in [0.05, 0.1) is 29.8 Å². The summed E-state index contributed by atoms with van der Waals surface area (Å²) in [7, 11) is 0. The molecule has 28 heavy (non-hydrogen) atoms. The normalized spacial score (nSPS) is 23.2. The third-order valence-electron chi connectivity index (χ3n) is 5.43. The molecular weight excluding hydrogens is 354 g/mol. The molecule has 9 heteroatoms. The number of nitrogens with two attached hydrogens (primary N) is 1. The van der Waals surface area contributed by atoms with Gasteiger partial charge in [-0.15, -0.1) is 0 Å². The van der Waals surface area contributed by atoms with Gasteiger partial charge in [0.2, 0.25) is 0 Å². The van der Waals surface area contributed by atoms with Crippen LogP contribution in [0, 0.1) is 11.3 Å². The van der Waals surface area contributed by atoms with Crippen molar-refractivity contribution in [2.45, 2.75) is 43.7 Å². The molecule has 3 N–H and O–H groups in total. The highest BCUT2D eigenvalue weighted by atomic mass is 15.4. The minimum Gasteiger partial charge on any atom is -0.404 e. The molecule has 1 fully saturated rings. The van der Waals surface area contributed by atoms with E-state index in [4.69, 9.17) is 10.7 Å². The quantitative estimate of drug-likeness (QED) is 0.656. The molecule has 0 spiro atoms. The van der Waals surface area contributed by atoms with Crippen molar-refractivity contribution in [3.05, 3.63) is 43.1 Å². The summed E-state index contributed by atoms with van der Waals surface area (Å²) < 4.78 is 1.84. The Morgan fingerprint density at radius 3 is 2.96 bits per heavy atom. The largest absolute Gasteiger partial charge is 0.404 e. The van der Waals surface area contributed by atoms with Crippen LogP contribution in [-0.4, -0.2) is 42.0 Å². The minimum absolute atomic E-state index is 0.175. The highest BCUT2D eigenvalue weighted by Crippen LogP contribution is 2.38. The van der Waals surface area contributed by atoms with Crippen molar-refractivity contribution in [3.63, 3.8) is 0 Å². The molecule has 4 rings (SSSR count). The molecule has 0 amide bonds. The van der Waals surface area contributed by atoms with Crippen molar-refractivity contribution in [1.29, 1.82) is 5.26 Å². The number of nitrogens with zero attached hydrogens (tertiary/aromatic N) is 7. The lowest BCUT2D eigenvalue weighted by Crippen LogP contribution is -2.39. The second-order valence-electron chi connectivity index (χ2n) is 6.99. The van der Waals surface area contributed by atoms with Crippen LogP contribution in [0.1, 0.15) is 37.8 Å². The minimum atomic E-state index is -0.284. The summed E-state index contributed by atoms with van der Waals surface area (Å²) in [4.78, 5) is 20.5. The summed E-state index contributed by atoms with van der Waals surface area (Å²) >= 11 is 0. The zero-order valence-electron chi connectivity index (χ0n) is 15.4. The average Bonchev–Trinajstić information content (AvgIpc) is 3.42. The maximum atomic E-state index is 9.27. The number of nitrogens with one attached hydrogen (secondary N) is 1. The van der Waals surface area contributed by atoms with Gasteiger partial charge in [-0.3, -0.25) is 4.99 Å². The number of fused-ring (bicyclic) bond motifs is 1. The Bertz CT molecular complexity index is 1030. The van der Waals surface area contributed by atoms with E-state index >= 15 is 0 Å². The number of rotatable bonds is 5. The van der Waals surface area contributed by atoms with E-state index in [2.05, 4.69) is 31.1 Å². The fourth-order valence-corrected chi connectivity index (χ4v) is 3.85. The van der Waals surface area contributed by atoms with Gasteiger partial charge in [-0.2, -0.15) is 10.4 Å². The second-order valence-corrected chi connectivity index (χ2v) is 6.99. The summed E-state index contributed by atoms with van der Waals surface area (Å²) in [5.41, 5.74) is 7.85. The lowest BCUT2D eigenvalue weighted by Gasteiger charge is -2.37. The Balaban J connectivity index is 1.49. The van der Waals surface area contributed by atoms with E-state index in [9.17, 15) is 5.26 Å². The van der Waals surface area contributed by atoms with E-state index in [1.807, 2.05) is 16.9 Å². The molecule has 1 aliphatic carbocycles. The predicted octanol–water partition coefficient (Wildman–Crippen LogP) is 2.17. The van der Waals surface area contributed by atoms with Gasteiger partial charge in [0, 0.05) is 29.6 Å². The van der Waals surface area contributed by atoms with Crippen LogP contribution in [-0.2, 0) is 5.54 Å². The molecule has 1 aliphatic rings. The molecule has 0 atom stereocenters. The second kappa shape index (κ2) is 7.60. The van der Waals surface area contributed by atoms with E-state index in [0.717, 1.165) is 48.0 Å². The highest BCUT2D eigenvalue weighted by Gasteiger charge is 2.37. The van der Waals surface area contributed by atoms with Crippen LogP contribution in [0.2, 0.25) is 0 Å². The molecule has 0 aliphatic heterocycles. The SMILES string of the molecule is N#CCC1(n2cncn2)CCC(N=CC(=CN)c2ncnc3[nH]ccc23)CC1. The molecule has 9 nitrogen and oxygen atoms in total. The number of aromatic nitrogens is 6. The van der Waals surface area contributed by atoms with E-state index in [1.54, 1.807) is 12.5 Å². The van der Waals surface area contributed by atoms with Crippen molar-refractivity contribution >= 4 is 22.8 Å². The van der Waals surface area contributed by atoms with Crippen molar-refractivity contribution in [2.24, 2.45) is 10.7 Å². The maximum Gasteiger partial charge on any atom is 0.141 e. The standard InChI is InChI=1S/C19H21N9/c20-7-6-19(28-13-22-11-27-28)4-1-15(2-5-19)24-10-14(9-21)17-16-3-8-23-18(16)26-12-25-17/h3,8-13,15H,1-2,4-6,21H2,(H,23,25,26). The molecule has 3 aromatic heterocycles. The molecular formula is C19H21N9. The Morgan fingerprint density at radius 2 is 2.25 bits per heavy atom. The smallest absolute Gasteiger partial charge is 0.141 e. The average molecular weight is 375 g/mol. The van der Waals surface area contributed by atoms with Gasteiger partial charge >= 0.3 is 0 Å². The van der Waals surface area contributed by atoms with Crippen molar-refractivity contribution in [2.75, 3.05) is 0 Å². The number of aromatic amines is 1. The molecule has 0 bridgehead atoms. The molecule has 3 heterocycles. The van der Waals surface area contributed by atoms with Crippen LogP contribution in [0.4, 0.5) is 0 Å². The van der Waals surface area contributed by atoms with E-state index in [1.165, 1.54) is 18.9 Å². The monoisotopic (exact) mass is 375 g/mol. The molecule has 0 saturated heterocycles. The van der Waals surface area contributed by atoms with Gasteiger partial charge in [-0.05, 0) is 31.7 Å². The lowest BCUT2D eigenvalue weighted by atomic mass is 9.78. The first-order valence-electron chi connectivity index (χ1n) is 9.21. The zero-order valence-corrected chi connectivity index (χ0v) is 15.4. The predicted molar refractivity (Wildman–Crippen MR) is 105 cm³/mol. The molecule has 0 aromatic carbocycles. The molecule has 3 aromatic rings. The lowest BCUT2D eigenvalue weighted by molar-refractivity contribution is 0.166. The number of nitriles is 1. The van der Waals surface area contributed by atoms with Gasteiger partial charge in [-0.1, -0.05) is 0 Å². The van der Waals surface area contributed by atoms with Crippen molar-refractivity contribution in [1.82, 2.24) is 29.7 Å². The first-order valence-corrected chi connectivity index (χ1v) is 9.21. The number of hydrogen-bond donors (Lipinski definition) is 2. The number of aliphatic imine (C=N–C) groups is 1. The zero-order chi connectivity index (χ0) is 19.4. The summed E-state index contributed by atoms with van der Waals surface area (Å²) in [5.74, 6) is 0.